The van der Waals surface area contributed by atoms with Crippen molar-refractivity contribution in [3.05, 3.63) is 0 Å². The van der Waals surface area contributed by atoms with Crippen molar-refractivity contribution < 1.29 is 8.78 Å². The fourth-order valence-electron chi connectivity index (χ4n) is 6.76. The Morgan fingerprint density at radius 1 is 0.769 bits per heavy atom. The molecule has 2 atom stereocenters. The lowest BCUT2D eigenvalue weighted by Gasteiger charge is -2.58. The molecule has 4 rings (SSSR count). The Morgan fingerprint density at radius 3 is 1.96 bits per heavy atom. The van der Waals surface area contributed by atoms with Crippen molar-refractivity contribution >= 4 is 0 Å². The highest BCUT2D eigenvalue weighted by Gasteiger charge is 2.55. The first-order chi connectivity index (χ1) is 12.5. The molecule has 0 radical (unpaired) electrons. The molecule has 2 bridgehead atoms. The molecule has 0 spiro atoms. The van der Waals surface area contributed by atoms with Crippen LogP contribution in [0, 0.1) is 22.7 Å². The van der Waals surface area contributed by atoms with Crippen LogP contribution in [-0.2, 0) is 0 Å². The van der Waals surface area contributed by atoms with E-state index in [4.69, 9.17) is 0 Å². The van der Waals surface area contributed by atoms with E-state index in [0.29, 0.717) is 11.3 Å². The first-order valence-corrected chi connectivity index (χ1v) is 11.8. The smallest absolute Gasteiger partial charge is 0.207 e. The molecule has 0 aromatic heterocycles. The second kappa shape index (κ2) is 8.48. The lowest BCUT2D eigenvalue weighted by molar-refractivity contribution is -0.148. The third-order valence-corrected chi connectivity index (χ3v) is 8.77. The topological polar surface area (TPSA) is 0 Å². The van der Waals surface area contributed by atoms with E-state index in [-0.39, 0.29) is 17.8 Å². The predicted octanol–water partition coefficient (Wildman–Crippen LogP) is 8.54. The number of alkyl halides is 2. The summed E-state index contributed by atoms with van der Waals surface area (Å²) in [5.74, 6) is -2.44. The summed E-state index contributed by atoms with van der Waals surface area (Å²) in [4.78, 5) is 0. The predicted molar refractivity (Wildman–Crippen MR) is 107 cm³/mol. The van der Waals surface area contributed by atoms with E-state index < -0.39 is 5.92 Å². The fourth-order valence-corrected chi connectivity index (χ4v) is 6.76. The molecule has 152 valence electrons. The highest BCUT2D eigenvalue weighted by molar-refractivity contribution is 5.04. The summed E-state index contributed by atoms with van der Waals surface area (Å²) in [6.07, 6.45) is 19.2. The normalized spacial score (nSPS) is 39.2. The highest BCUT2D eigenvalue weighted by atomic mass is 19.3. The van der Waals surface area contributed by atoms with Crippen LogP contribution in [0.2, 0.25) is 0 Å². The molecule has 4 aliphatic rings. The van der Waals surface area contributed by atoms with Gasteiger partial charge in [-0.15, -0.1) is 0 Å². The van der Waals surface area contributed by atoms with Crippen LogP contribution in [0.15, 0.2) is 0 Å². The van der Waals surface area contributed by atoms with Gasteiger partial charge in [0, 0.05) is 12.3 Å². The summed E-state index contributed by atoms with van der Waals surface area (Å²) in [7, 11) is 0. The first kappa shape index (κ1) is 20.6. The van der Waals surface area contributed by atoms with E-state index in [1.165, 1.54) is 64.2 Å². The summed E-state index contributed by atoms with van der Waals surface area (Å²) in [6.45, 7) is 4.44. The maximum Gasteiger partial charge on any atom is 0.251 e. The maximum atomic E-state index is 14.9. The molecular weight excluding hydrogens is 326 g/mol. The number of fused-ring (bicyclic) bond motifs is 3. The van der Waals surface area contributed by atoms with Gasteiger partial charge in [0.2, 0.25) is 0 Å². The van der Waals surface area contributed by atoms with Gasteiger partial charge in [-0.25, -0.2) is 8.78 Å². The number of rotatable bonds is 9. The average Bonchev–Trinajstić information content (AvgIpc) is 2.64. The molecule has 4 aliphatic carbocycles. The Balaban J connectivity index is 1.55. The van der Waals surface area contributed by atoms with Crippen molar-refractivity contribution in [3.63, 3.8) is 0 Å². The standard InChI is InChI=1S/C24H42F2/c1-3-5-7-9-20-10-11-21(19-24(20,25)26)23-16-13-22(14-17-23,15-18-23)12-8-6-4-2/h20-21H,3-19H2,1-2H3. The molecule has 0 aromatic carbocycles. The second-order valence-corrected chi connectivity index (χ2v) is 10.3. The molecule has 0 heterocycles. The monoisotopic (exact) mass is 368 g/mol. The van der Waals surface area contributed by atoms with Crippen LogP contribution in [0.1, 0.15) is 123 Å². The fraction of sp³-hybridized carbons (Fsp3) is 1.00. The van der Waals surface area contributed by atoms with Crippen LogP contribution in [0.5, 0.6) is 0 Å². The van der Waals surface area contributed by atoms with Gasteiger partial charge >= 0.3 is 0 Å². The molecule has 4 saturated carbocycles. The van der Waals surface area contributed by atoms with E-state index in [1.54, 1.807) is 0 Å². The number of hydrogen-bond donors (Lipinski definition) is 0. The van der Waals surface area contributed by atoms with Gasteiger partial charge in [-0.05, 0) is 81.0 Å². The van der Waals surface area contributed by atoms with Crippen LogP contribution < -0.4 is 0 Å². The van der Waals surface area contributed by atoms with Gasteiger partial charge in [-0.1, -0.05) is 52.4 Å². The van der Waals surface area contributed by atoms with Crippen molar-refractivity contribution in [1.29, 1.82) is 0 Å². The van der Waals surface area contributed by atoms with E-state index in [9.17, 15) is 8.78 Å². The zero-order chi connectivity index (χ0) is 18.7. The molecule has 26 heavy (non-hydrogen) atoms. The van der Waals surface area contributed by atoms with Crippen LogP contribution in [0.4, 0.5) is 8.78 Å². The van der Waals surface area contributed by atoms with E-state index in [0.717, 1.165) is 38.5 Å². The van der Waals surface area contributed by atoms with Gasteiger partial charge in [0.05, 0.1) is 0 Å². The van der Waals surface area contributed by atoms with Gasteiger partial charge in [-0.3, -0.25) is 0 Å². The van der Waals surface area contributed by atoms with E-state index in [1.807, 2.05) is 0 Å². The Morgan fingerprint density at radius 2 is 1.38 bits per heavy atom. The average molecular weight is 369 g/mol. The first-order valence-electron chi connectivity index (χ1n) is 11.8. The molecule has 0 aliphatic heterocycles. The lowest BCUT2D eigenvalue weighted by Crippen LogP contribution is -2.49. The molecule has 0 nitrogen and oxygen atoms in total. The zero-order valence-corrected chi connectivity index (χ0v) is 17.4. The van der Waals surface area contributed by atoms with Crippen LogP contribution in [0.3, 0.4) is 0 Å². The van der Waals surface area contributed by atoms with Crippen molar-refractivity contribution in [1.82, 2.24) is 0 Å². The molecule has 2 heteroatoms. The van der Waals surface area contributed by atoms with Crippen LogP contribution in [0.25, 0.3) is 0 Å². The summed E-state index contributed by atoms with van der Waals surface area (Å²) >= 11 is 0. The van der Waals surface area contributed by atoms with Crippen molar-refractivity contribution in [3.8, 4) is 0 Å². The minimum absolute atomic E-state index is 0.201. The Kier molecular flexibility index (Phi) is 6.71. The summed E-state index contributed by atoms with van der Waals surface area (Å²) in [5.41, 5.74) is 0.876. The Bertz CT molecular complexity index is 417. The Hall–Kier alpha value is -0.140. The largest absolute Gasteiger partial charge is 0.251 e. The van der Waals surface area contributed by atoms with Crippen molar-refractivity contribution in [2.45, 2.75) is 129 Å². The van der Waals surface area contributed by atoms with Crippen molar-refractivity contribution in [2.24, 2.45) is 22.7 Å². The van der Waals surface area contributed by atoms with Gasteiger partial charge in [0.1, 0.15) is 0 Å². The minimum Gasteiger partial charge on any atom is -0.207 e. The SMILES string of the molecule is CCCCCC1CCC(C23CCC(CCCCC)(CC2)CC3)CC1(F)F. The van der Waals surface area contributed by atoms with Gasteiger partial charge in [0.25, 0.3) is 5.92 Å². The van der Waals surface area contributed by atoms with Crippen LogP contribution >= 0.6 is 0 Å². The summed E-state index contributed by atoms with van der Waals surface area (Å²) in [5, 5.41) is 0. The van der Waals surface area contributed by atoms with Crippen LogP contribution in [-0.4, -0.2) is 5.92 Å². The number of unbranched alkanes of at least 4 members (excludes halogenated alkanes) is 4. The molecule has 0 amide bonds. The Labute approximate surface area is 160 Å². The molecule has 0 saturated heterocycles. The van der Waals surface area contributed by atoms with Gasteiger partial charge in [-0.2, -0.15) is 0 Å². The molecule has 2 unspecified atom stereocenters. The van der Waals surface area contributed by atoms with E-state index in [2.05, 4.69) is 13.8 Å². The van der Waals surface area contributed by atoms with Gasteiger partial charge in [0.15, 0.2) is 0 Å². The summed E-state index contributed by atoms with van der Waals surface area (Å²) < 4.78 is 29.8. The van der Waals surface area contributed by atoms with E-state index >= 15 is 0 Å². The molecular formula is C24H42F2. The minimum atomic E-state index is -2.40. The third-order valence-electron chi connectivity index (χ3n) is 8.77. The quantitative estimate of drug-likeness (QED) is 0.358. The molecule has 4 fully saturated rings. The lowest BCUT2D eigenvalue weighted by atomic mass is 9.47. The molecule has 0 N–H and O–H groups in total. The van der Waals surface area contributed by atoms with Crippen molar-refractivity contribution in [2.75, 3.05) is 0 Å². The maximum absolute atomic E-state index is 14.9. The van der Waals surface area contributed by atoms with Gasteiger partial charge < -0.3 is 0 Å². The highest BCUT2D eigenvalue weighted by Crippen LogP contribution is 2.64. The summed E-state index contributed by atoms with van der Waals surface area (Å²) in [6, 6.07) is 0. The zero-order valence-electron chi connectivity index (χ0n) is 17.4. The molecule has 0 aromatic rings. The number of halogens is 2. The second-order valence-electron chi connectivity index (χ2n) is 10.3. The third kappa shape index (κ3) is 4.30. The number of hydrogen-bond acceptors (Lipinski definition) is 0.